The third kappa shape index (κ3) is 6.20. The van der Waals surface area contributed by atoms with Crippen LogP contribution in [0.4, 0.5) is 13.2 Å². The van der Waals surface area contributed by atoms with Gasteiger partial charge in [0.05, 0.1) is 11.3 Å². The number of nitrogens with two attached hydrogens (primary N) is 1. The zero-order valence-corrected chi connectivity index (χ0v) is 18.3. The molecule has 0 aliphatic heterocycles. The molecular formula is C16H17F3N6O6S2. The van der Waals surface area contributed by atoms with Crippen LogP contribution < -0.4 is 16.2 Å². The van der Waals surface area contributed by atoms with Gasteiger partial charge in [-0.1, -0.05) is 16.9 Å². The SMILES string of the molecule is C[C@H](CSc1nonc1-c1noc(=O)n1-c1ccc(F)c(C(F)F)c1)NC(O)CS(N)(=O)=O. The molecule has 180 valence electrons. The zero-order chi connectivity index (χ0) is 24.3. The number of hydrogen-bond acceptors (Lipinski definition) is 11. The van der Waals surface area contributed by atoms with Crippen LogP contribution in [-0.4, -0.2) is 57.3 Å². The predicted octanol–water partition coefficient (Wildman–Crippen LogP) is 0.629. The van der Waals surface area contributed by atoms with Gasteiger partial charge in [-0.05, 0) is 35.4 Å². The van der Waals surface area contributed by atoms with Crippen LogP contribution in [0.15, 0.2) is 37.2 Å². The van der Waals surface area contributed by atoms with Gasteiger partial charge >= 0.3 is 5.76 Å². The van der Waals surface area contributed by atoms with Crippen molar-refractivity contribution >= 4 is 21.8 Å². The van der Waals surface area contributed by atoms with Crippen LogP contribution in [0.3, 0.4) is 0 Å². The second-order valence-electron chi connectivity index (χ2n) is 6.76. The van der Waals surface area contributed by atoms with E-state index in [0.717, 1.165) is 34.5 Å². The van der Waals surface area contributed by atoms with Crippen LogP contribution in [0.1, 0.15) is 18.9 Å². The van der Waals surface area contributed by atoms with Crippen LogP contribution in [-0.2, 0) is 10.0 Å². The Labute approximate surface area is 187 Å². The highest BCUT2D eigenvalue weighted by atomic mass is 32.2. The van der Waals surface area contributed by atoms with E-state index >= 15 is 0 Å². The first-order chi connectivity index (χ1) is 15.5. The number of aliphatic hydroxyl groups is 1. The molecule has 33 heavy (non-hydrogen) atoms. The molecule has 1 aromatic carbocycles. The van der Waals surface area contributed by atoms with E-state index in [-0.39, 0.29) is 28.0 Å². The molecule has 0 aliphatic carbocycles. The Balaban J connectivity index is 1.82. The number of primary sulfonamides is 1. The summed E-state index contributed by atoms with van der Waals surface area (Å²) in [5, 5.41) is 28.3. The molecule has 12 nitrogen and oxygen atoms in total. The first-order valence-corrected chi connectivity index (χ1v) is 11.7. The maximum atomic E-state index is 13.6. The van der Waals surface area contributed by atoms with Crippen molar-refractivity contribution in [3.05, 3.63) is 40.1 Å². The largest absolute Gasteiger partial charge is 0.446 e. The van der Waals surface area contributed by atoms with E-state index in [2.05, 4.69) is 25.3 Å². The maximum Gasteiger partial charge on any atom is 0.446 e. The average Bonchev–Trinajstić information content (AvgIpc) is 3.31. The molecule has 0 aliphatic rings. The van der Waals surface area contributed by atoms with Gasteiger partial charge in [0, 0.05) is 11.8 Å². The summed E-state index contributed by atoms with van der Waals surface area (Å²) < 4.78 is 72.0. The number of aliphatic hydroxyl groups excluding tert-OH is 1. The fourth-order valence-corrected chi connectivity index (χ4v) is 4.12. The van der Waals surface area contributed by atoms with E-state index in [1.807, 2.05) is 0 Å². The summed E-state index contributed by atoms with van der Waals surface area (Å²) in [4.78, 5) is 12.2. The second kappa shape index (κ2) is 10.0. The molecule has 2 heterocycles. The van der Waals surface area contributed by atoms with Crippen molar-refractivity contribution in [2.75, 3.05) is 11.5 Å². The first-order valence-electron chi connectivity index (χ1n) is 9.03. The lowest BCUT2D eigenvalue weighted by molar-refractivity contribution is 0.146. The molecule has 4 N–H and O–H groups in total. The van der Waals surface area contributed by atoms with E-state index in [4.69, 9.17) is 9.77 Å². The van der Waals surface area contributed by atoms with E-state index in [0.29, 0.717) is 0 Å². The minimum Gasteiger partial charge on any atom is -0.377 e. The van der Waals surface area contributed by atoms with Crippen molar-refractivity contribution in [1.29, 1.82) is 0 Å². The second-order valence-corrected chi connectivity index (χ2v) is 9.42. The standard InChI is InChI=1S/C16H17F3N6O6S2/c1-7(21-11(26)6-33(20,28)29)5-32-15-12(22-31-24-15)14-23-30-16(27)25(14)8-2-3-10(17)9(4-8)13(18)19/h2-4,7,11,13,21,26H,5-6H2,1H3,(H2,20,28,29)/t7-,11?/m1/s1. The summed E-state index contributed by atoms with van der Waals surface area (Å²) in [6.07, 6.45) is -4.53. The molecule has 1 unspecified atom stereocenters. The van der Waals surface area contributed by atoms with Crippen LogP contribution >= 0.6 is 11.8 Å². The molecule has 17 heteroatoms. The van der Waals surface area contributed by atoms with Crippen LogP contribution in [0.2, 0.25) is 0 Å². The highest BCUT2D eigenvalue weighted by Crippen LogP contribution is 2.30. The molecule has 2 aromatic heterocycles. The van der Waals surface area contributed by atoms with Gasteiger partial charge in [0.15, 0.2) is 10.7 Å². The van der Waals surface area contributed by atoms with Crippen molar-refractivity contribution in [2.45, 2.75) is 30.6 Å². The van der Waals surface area contributed by atoms with Gasteiger partial charge in [0.2, 0.25) is 15.8 Å². The molecule has 3 rings (SSSR count). The summed E-state index contributed by atoms with van der Waals surface area (Å²) in [6.45, 7) is 1.64. The summed E-state index contributed by atoms with van der Waals surface area (Å²) in [7, 11) is -3.89. The minimum absolute atomic E-state index is 0.0638. The van der Waals surface area contributed by atoms with Gasteiger partial charge in [-0.2, -0.15) is 0 Å². The number of alkyl halides is 2. The smallest absolute Gasteiger partial charge is 0.377 e. The number of nitrogens with one attached hydrogen (secondary N) is 1. The van der Waals surface area contributed by atoms with E-state index < -0.39 is 51.6 Å². The summed E-state index contributed by atoms with van der Waals surface area (Å²) in [5.74, 6) is -2.90. The number of benzene rings is 1. The quantitative estimate of drug-likeness (QED) is 0.257. The molecule has 0 fully saturated rings. The third-order valence-corrected chi connectivity index (χ3v) is 6.07. The Hall–Kier alpha value is -2.73. The van der Waals surface area contributed by atoms with Gasteiger partial charge in [-0.25, -0.2) is 40.7 Å². The van der Waals surface area contributed by atoms with E-state index in [9.17, 15) is 31.5 Å². The van der Waals surface area contributed by atoms with Gasteiger partial charge < -0.3 is 5.11 Å². The van der Waals surface area contributed by atoms with E-state index in [1.54, 1.807) is 6.92 Å². The highest BCUT2D eigenvalue weighted by Gasteiger charge is 2.25. The van der Waals surface area contributed by atoms with Crippen LogP contribution in [0, 0.1) is 5.82 Å². The fraction of sp³-hybridized carbons (Fsp3) is 0.375. The Morgan fingerprint density at radius 1 is 1.30 bits per heavy atom. The van der Waals surface area contributed by atoms with Crippen LogP contribution in [0.25, 0.3) is 17.2 Å². The van der Waals surface area contributed by atoms with Crippen molar-refractivity contribution in [1.82, 2.24) is 25.4 Å². The molecule has 0 spiro atoms. The van der Waals surface area contributed by atoms with E-state index in [1.165, 1.54) is 0 Å². The van der Waals surface area contributed by atoms with Gasteiger partial charge in [-0.15, -0.1) is 0 Å². The fourth-order valence-electron chi connectivity index (χ4n) is 2.73. The van der Waals surface area contributed by atoms with Crippen molar-refractivity contribution in [2.24, 2.45) is 5.14 Å². The molecular weight excluding hydrogens is 493 g/mol. The molecule has 0 saturated heterocycles. The minimum atomic E-state index is -3.89. The van der Waals surface area contributed by atoms with Crippen molar-refractivity contribution in [3.63, 3.8) is 0 Å². The topological polar surface area (TPSA) is 179 Å². The molecule has 0 bridgehead atoms. The lowest BCUT2D eigenvalue weighted by atomic mass is 10.2. The highest BCUT2D eigenvalue weighted by molar-refractivity contribution is 7.99. The molecule has 0 amide bonds. The predicted molar refractivity (Wildman–Crippen MR) is 108 cm³/mol. The molecule has 0 radical (unpaired) electrons. The monoisotopic (exact) mass is 510 g/mol. The number of nitrogens with zero attached hydrogens (tertiary/aromatic N) is 4. The average molecular weight is 510 g/mol. The lowest BCUT2D eigenvalue weighted by Gasteiger charge is -2.17. The summed E-state index contributed by atoms with van der Waals surface area (Å²) in [6, 6.07) is 2.20. The number of rotatable bonds is 10. The maximum absolute atomic E-state index is 13.6. The number of sulfonamides is 1. The number of halogens is 3. The van der Waals surface area contributed by atoms with Gasteiger partial charge in [0.1, 0.15) is 17.8 Å². The van der Waals surface area contributed by atoms with Crippen molar-refractivity contribution in [3.8, 4) is 17.2 Å². The zero-order valence-electron chi connectivity index (χ0n) is 16.7. The molecule has 3 aromatic rings. The van der Waals surface area contributed by atoms with Crippen LogP contribution in [0.5, 0.6) is 0 Å². The Morgan fingerprint density at radius 3 is 2.70 bits per heavy atom. The summed E-state index contributed by atoms with van der Waals surface area (Å²) >= 11 is 1.04. The Morgan fingerprint density at radius 2 is 2.03 bits per heavy atom. The Kier molecular flexibility index (Phi) is 7.58. The number of hydrogen-bond donors (Lipinski definition) is 3. The van der Waals surface area contributed by atoms with Gasteiger partial charge in [-0.3, -0.25) is 9.84 Å². The van der Waals surface area contributed by atoms with Gasteiger partial charge in [0.25, 0.3) is 6.43 Å². The summed E-state index contributed by atoms with van der Waals surface area (Å²) in [5.41, 5.74) is -1.13. The van der Waals surface area contributed by atoms with Crippen molar-refractivity contribution < 1.29 is 35.8 Å². The lowest BCUT2D eigenvalue weighted by Crippen LogP contribution is -2.43. The number of thioether (sulfide) groups is 1. The first kappa shape index (κ1) is 24.9. The normalized spacial score (nSPS) is 14.0. The number of aromatic nitrogens is 4. The molecule has 0 saturated carbocycles. The third-order valence-electron chi connectivity index (χ3n) is 4.08. The molecule has 2 atom stereocenters. The Bertz CT molecular complexity index is 1280.